The van der Waals surface area contributed by atoms with Crippen molar-refractivity contribution in [3.8, 4) is 5.75 Å². The molecule has 12 heavy (non-hydrogen) atoms. The number of aromatic nitrogens is 2. The molecule has 0 radical (unpaired) electrons. The monoisotopic (exact) mass is 163 g/mol. The number of nitrogen functional groups attached to an aromatic ring is 1. The van der Waals surface area contributed by atoms with Gasteiger partial charge in [-0.25, -0.2) is 4.98 Å². The van der Waals surface area contributed by atoms with Gasteiger partial charge in [0.15, 0.2) is 0 Å². The van der Waals surface area contributed by atoms with Crippen molar-refractivity contribution in [1.29, 1.82) is 0 Å². The van der Waals surface area contributed by atoms with Gasteiger partial charge in [-0.15, -0.1) is 0 Å². The van der Waals surface area contributed by atoms with Crippen LogP contribution in [0.1, 0.15) is 0 Å². The van der Waals surface area contributed by atoms with Gasteiger partial charge in [-0.2, -0.15) is 0 Å². The number of anilines is 1. The highest BCUT2D eigenvalue weighted by molar-refractivity contribution is 5.51. The normalized spacial score (nSPS) is 10.4. The minimum Gasteiger partial charge on any atom is -0.497 e. The zero-order valence-corrected chi connectivity index (χ0v) is 6.69. The van der Waals surface area contributed by atoms with Gasteiger partial charge in [-0.05, 0) is 6.07 Å². The Morgan fingerprint density at radius 3 is 3.17 bits per heavy atom. The molecule has 0 aromatic carbocycles. The Hall–Kier alpha value is -1.71. The Labute approximate surface area is 69.6 Å². The standard InChI is InChI=1S/C8H9N3O/c1-12-6-2-3-11-7(9)5-10-8(11)4-6/h2-5H,9H2,1H3. The van der Waals surface area contributed by atoms with E-state index in [1.807, 2.05) is 18.3 Å². The van der Waals surface area contributed by atoms with Gasteiger partial charge in [-0.1, -0.05) is 0 Å². The predicted molar refractivity (Wildman–Crippen MR) is 46.2 cm³/mol. The molecule has 0 aliphatic heterocycles. The molecule has 0 aliphatic carbocycles. The molecule has 0 saturated heterocycles. The molecule has 0 spiro atoms. The molecule has 0 saturated carbocycles. The van der Waals surface area contributed by atoms with E-state index in [4.69, 9.17) is 10.5 Å². The third kappa shape index (κ3) is 0.887. The van der Waals surface area contributed by atoms with E-state index in [9.17, 15) is 0 Å². The third-order valence-corrected chi connectivity index (χ3v) is 1.75. The number of nitrogens with zero attached hydrogens (tertiary/aromatic N) is 2. The second-order valence-corrected chi connectivity index (χ2v) is 2.48. The smallest absolute Gasteiger partial charge is 0.142 e. The van der Waals surface area contributed by atoms with Crippen LogP contribution in [0.15, 0.2) is 24.5 Å². The first kappa shape index (κ1) is 6.97. The van der Waals surface area contributed by atoms with Gasteiger partial charge >= 0.3 is 0 Å². The number of pyridine rings is 1. The Balaban J connectivity index is 2.69. The predicted octanol–water partition coefficient (Wildman–Crippen LogP) is 0.925. The number of nitrogens with two attached hydrogens (primary N) is 1. The molecule has 0 unspecified atom stereocenters. The van der Waals surface area contributed by atoms with Crippen LogP contribution in [0.3, 0.4) is 0 Å². The van der Waals surface area contributed by atoms with Gasteiger partial charge < -0.3 is 10.5 Å². The van der Waals surface area contributed by atoms with Crippen molar-refractivity contribution >= 4 is 11.5 Å². The Kier molecular flexibility index (Phi) is 1.40. The summed E-state index contributed by atoms with van der Waals surface area (Å²) in [4.78, 5) is 4.08. The molecule has 0 aliphatic rings. The van der Waals surface area contributed by atoms with Gasteiger partial charge in [-0.3, -0.25) is 4.40 Å². The molecule has 0 amide bonds. The molecule has 62 valence electrons. The van der Waals surface area contributed by atoms with Crippen LogP contribution in [0, 0.1) is 0 Å². The van der Waals surface area contributed by atoms with Crippen molar-refractivity contribution in [2.75, 3.05) is 12.8 Å². The Bertz CT molecular complexity index is 408. The van der Waals surface area contributed by atoms with Gasteiger partial charge in [0, 0.05) is 12.3 Å². The highest BCUT2D eigenvalue weighted by atomic mass is 16.5. The number of methoxy groups -OCH3 is 1. The maximum absolute atomic E-state index is 5.63. The summed E-state index contributed by atoms with van der Waals surface area (Å²) in [5.41, 5.74) is 6.43. The average Bonchev–Trinajstić information content (AvgIpc) is 2.47. The molecular formula is C8H9N3O. The third-order valence-electron chi connectivity index (χ3n) is 1.75. The van der Waals surface area contributed by atoms with E-state index in [1.54, 1.807) is 17.7 Å². The fraction of sp³-hybridized carbons (Fsp3) is 0.125. The van der Waals surface area contributed by atoms with Crippen molar-refractivity contribution in [1.82, 2.24) is 9.38 Å². The zero-order chi connectivity index (χ0) is 8.55. The maximum atomic E-state index is 5.63. The van der Waals surface area contributed by atoms with Crippen molar-refractivity contribution in [3.63, 3.8) is 0 Å². The van der Waals surface area contributed by atoms with E-state index in [1.165, 1.54) is 0 Å². The summed E-state index contributed by atoms with van der Waals surface area (Å²) in [7, 11) is 1.62. The van der Waals surface area contributed by atoms with Crippen molar-refractivity contribution in [2.45, 2.75) is 0 Å². The zero-order valence-electron chi connectivity index (χ0n) is 6.69. The van der Waals surface area contributed by atoms with Crippen LogP contribution in [0.2, 0.25) is 0 Å². The first-order chi connectivity index (χ1) is 5.81. The van der Waals surface area contributed by atoms with Gasteiger partial charge in [0.1, 0.15) is 17.2 Å². The van der Waals surface area contributed by atoms with E-state index in [0.29, 0.717) is 5.82 Å². The van der Waals surface area contributed by atoms with Gasteiger partial charge in [0.25, 0.3) is 0 Å². The highest BCUT2D eigenvalue weighted by Gasteiger charge is 1.99. The number of imidazole rings is 1. The molecule has 2 aromatic heterocycles. The summed E-state index contributed by atoms with van der Waals surface area (Å²) in [6, 6.07) is 3.67. The highest BCUT2D eigenvalue weighted by Crippen LogP contribution is 2.15. The minimum atomic E-state index is 0.632. The van der Waals surface area contributed by atoms with Crippen molar-refractivity contribution in [3.05, 3.63) is 24.5 Å². The van der Waals surface area contributed by atoms with Gasteiger partial charge in [0.05, 0.1) is 13.3 Å². The van der Waals surface area contributed by atoms with Crippen LogP contribution < -0.4 is 10.5 Å². The maximum Gasteiger partial charge on any atom is 0.142 e. The number of hydrogen-bond donors (Lipinski definition) is 1. The fourth-order valence-corrected chi connectivity index (χ4v) is 1.11. The van der Waals surface area contributed by atoms with E-state index in [-0.39, 0.29) is 0 Å². The largest absolute Gasteiger partial charge is 0.497 e. The lowest BCUT2D eigenvalue weighted by molar-refractivity contribution is 0.414. The SMILES string of the molecule is COc1ccn2c(N)cnc2c1. The number of ether oxygens (including phenoxy) is 1. The molecule has 2 rings (SSSR count). The van der Waals surface area contributed by atoms with E-state index in [0.717, 1.165) is 11.4 Å². The quantitative estimate of drug-likeness (QED) is 0.680. The number of fused-ring (bicyclic) bond motifs is 1. The molecular weight excluding hydrogens is 154 g/mol. The summed E-state index contributed by atoms with van der Waals surface area (Å²) in [6.45, 7) is 0. The summed E-state index contributed by atoms with van der Waals surface area (Å²) in [5, 5.41) is 0. The van der Waals surface area contributed by atoms with Crippen molar-refractivity contribution in [2.24, 2.45) is 0 Å². The summed E-state index contributed by atoms with van der Waals surface area (Å²) in [6.07, 6.45) is 3.45. The van der Waals surface area contributed by atoms with Crippen molar-refractivity contribution < 1.29 is 4.74 Å². The molecule has 2 heterocycles. The van der Waals surface area contributed by atoms with Gasteiger partial charge in [0.2, 0.25) is 0 Å². The topological polar surface area (TPSA) is 52.5 Å². The van der Waals surface area contributed by atoms with E-state index >= 15 is 0 Å². The fourth-order valence-electron chi connectivity index (χ4n) is 1.11. The van der Waals surface area contributed by atoms with E-state index in [2.05, 4.69) is 4.98 Å². The number of hydrogen-bond acceptors (Lipinski definition) is 3. The molecule has 0 atom stereocenters. The summed E-state index contributed by atoms with van der Waals surface area (Å²) < 4.78 is 6.83. The van der Waals surface area contributed by atoms with Crippen LogP contribution in [0.5, 0.6) is 5.75 Å². The molecule has 4 nitrogen and oxygen atoms in total. The van der Waals surface area contributed by atoms with Crippen LogP contribution in [0.4, 0.5) is 5.82 Å². The second-order valence-electron chi connectivity index (χ2n) is 2.48. The lowest BCUT2D eigenvalue weighted by Gasteiger charge is -1.99. The first-order valence-electron chi connectivity index (χ1n) is 3.58. The average molecular weight is 163 g/mol. The summed E-state index contributed by atoms with van der Waals surface area (Å²) >= 11 is 0. The van der Waals surface area contributed by atoms with Crippen LogP contribution in [0.25, 0.3) is 5.65 Å². The van der Waals surface area contributed by atoms with Crippen LogP contribution in [-0.4, -0.2) is 16.5 Å². The lowest BCUT2D eigenvalue weighted by Crippen LogP contribution is -1.92. The minimum absolute atomic E-state index is 0.632. The summed E-state index contributed by atoms with van der Waals surface area (Å²) in [5.74, 6) is 1.42. The molecule has 0 bridgehead atoms. The number of rotatable bonds is 1. The van der Waals surface area contributed by atoms with Crippen LogP contribution in [-0.2, 0) is 0 Å². The first-order valence-corrected chi connectivity index (χ1v) is 3.58. The second kappa shape index (κ2) is 2.41. The lowest BCUT2D eigenvalue weighted by atomic mass is 10.4. The van der Waals surface area contributed by atoms with Crippen LogP contribution >= 0.6 is 0 Å². The molecule has 2 N–H and O–H groups in total. The molecule has 0 fully saturated rings. The Morgan fingerprint density at radius 1 is 1.58 bits per heavy atom. The molecule has 2 aromatic rings. The molecule has 4 heteroatoms. The Morgan fingerprint density at radius 2 is 2.42 bits per heavy atom. The van der Waals surface area contributed by atoms with E-state index < -0.39 is 0 Å².